The van der Waals surface area contributed by atoms with Crippen LogP contribution in [0.5, 0.6) is 5.75 Å². The van der Waals surface area contributed by atoms with Gasteiger partial charge in [0.15, 0.2) is 0 Å². The van der Waals surface area contributed by atoms with Gasteiger partial charge in [0.2, 0.25) is 0 Å². The molecule has 2 N–H and O–H groups in total. The zero-order valence-electron chi connectivity index (χ0n) is 12.8. The lowest BCUT2D eigenvalue weighted by Gasteiger charge is -2.11. The number of nitrogens with one attached hydrogen (secondary N) is 1. The third kappa shape index (κ3) is 5.10. The van der Waals surface area contributed by atoms with Crippen LogP contribution in [0.1, 0.15) is 29.8 Å². The number of aromatic carboxylic acids is 1. The molecule has 6 heteroatoms. The molecule has 0 unspecified atom stereocenters. The number of hydrogen-bond donors (Lipinski definition) is 2. The summed E-state index contributed by atoms with van der Waals surface area (Å²) < 4.78 is 6.50. The first-order chi connectivity index (χ1) is 11.0. The highest BCUT2D eigenvalue weighted by molar-refractivity contribution is 9.10. The summed E-state index contributed by atoms with van der Waals surface area (Å²) in [5.74, 6) is -0.193. The van der Waals surface area contributed by atoms with Crippen molar-refractivity contribution in [3.8, 4) is 5.75 Å². The van der Waals surface area contributed by atoms with Crippen molar-refractivity contribution in [1.29, 1.82) is 0 Å². The first-order valence-electron chi connectivity index (χ1n) is 7.04. The van der Waals surface area contributed by atoms with E-state index in [1.54, 1.807) is 18.3 Å². The summed E-state index contributed by atoms with van der Waals surface area (Å²) in [7, 11) is 0. The lowest BCUT2D eigenvalue weighted by molar-refractivity contribution is 0.0697. The maximum atomic E-state index is 10.9. The number of nitrogens with zero attached hydrogens (tertiary/aromatic N) is 1. The Morgan fingerprint density at radius 2 is 2.09 bits per heavy atom. The molecule has 0 spiro atoms. The van der Waals surface area contributed by atoms with Gasteiger partial charge in [-0.05, 0) is 71.7 Å². The lowest BCUT2D eigenvalue weighted by Crippen LogP contribution is -2.06. The van der Waals surface area contributed by atoms with Gasteiger partial charge < -0.3 is 9.84 Å². The molecule has 0 aliphatic rings. The number of rotatable bonds is 6. The number of carboxylic acids is 1. The summed E-state index contributed by atoms with van der Waals surface area (Å²) in [6.45, 7) is 3.94. The van der Waals surface area contributed by atoms with Crippen LogP contribution in [0, 0.1) is 0 Å². The fourth-order valence-electron chi connectivity index (χ4n) is 1.85. The second kappa shape index (κ2) is 7.78. The van der Waals surface area contributed by atoms with Crippen LogP contribution < -0.4 is 10.2 Å². The number of hydrazone groups is 1. The molecule has 2 rings (SSSR count). The van der Waals surface area contributed by atoms with Crippen molar-refractivity contribution in [2.75, 3.05) is 5.43 Å². The normalized spacial score (nSPS) is 11.0. The van der Waals surface area contributed by atoms with E-state index in [9.17, 15) is 4.79 Å². The fourth-order valence-corrected chi connectivity index (χ4v) is 2.34. The van der Waals surface area contributed by atoms with Crippen molar-refractivity contribution in [3.05, 3.63) is 58.1 Å². The molecule has 5 nitrogen and oxygen atoms in total. The number of benzene rings is 2. The molecule has 120 valence electrons. The smallest absolute Gasteiger partial charge is 0.335 e. The third-order valence-electron chi connectivity index (χ3n) is 2.84. The van der Waals surface area contributed by atoms with Crippen LogP contribution in [0.3, 0.4) is 0 Å². The number of hydrogen-bond acceptors (Lipinski definition) is 4. The zero-order valence-corrected chi connectivity index (χ0v) is 14.4. The SMILES string of the molecule is CC(C)Oc1ccc(/C=N/Nc2cccc(C(=O)O)c2)cc1Br. The quantitative estimate of drug-likeness (QED) is 0.579. The van der Waals surface area contributed by atoms with Crippen LogP contribution in [0.25, 0.3) is 0 Å². The van der Waals surface area contributed by atoms with Gasteiger partial charge in [-0.1, -0.05) is 6.07 Å². The van der Waals surface area contributed by atoms with E-state index < -0.39 is 5.97 Å². The van der Waals surface area contributed by atoms with Crippen molar-refractivity contribution >= 4 is 33.8 Å². The Bertz CT molecular complexity index is 730. The number of halogens is 1. The molecular formula is C17H17BrN2O3. The summed E-state index contributed by atoms with van der Waals surface area (Å²) in [5, 5.41) is 13.1. The van der Waals surface area contributed by atoms with E-state index in [2.05, 4.69) is 26.5 Å². The average molecular weight is 377 g/mol. The van der Waals surface area contributed by atoms with Crippen LogP contribution in [0.15, 0.2) is 52.0 Å². The molecule has 0 aliphatic carbocycles. The van der Waals surface area contributed by atoms with E-state index in [-0.39, 0.29) is 11.7 Å². The number of ether oxygens (including phenoxy) is 1. The maximum absolute atomic E-state index is 10.9. The Kier molecular flexibility index (Phi) is 5.76. The lowest BCUT2D eigenvalue weighted by atomic mass is 10.2. The van der Waals surface area contributed by atoms with Crippen molar-refractivity contribution in [2.45, 2.75) is 20.0 Å². The van der Waals surface area contributed by atoms with E-state index in [4.69, 9.17) is 9.84 Å². The Labute approximate surface area is 143 Å². The van der Waals surface area contributed by atoms with E-state index in [0.717, 1.165) is 15.8 Å². The molecule has 0 atom stereocenters. The van der Waals surface area contributed by atoms with Gasteiger partial charge in [-0.2, -0.15) is 5.10 Å². The summed E-state index contributed by atoms with van der Waals surface area (Å²) in [6.07, 6.45) is 1.76. The Morgan fingerprint density at radius 1 is 1.30 bits per heavy atom. The molecule has 0 saturated carbocycles. The molecule has 0 amide bonds. The number of anilines is 1. The summed E-state index contributed by atoms with van der Waals surface area (Å²) in [4.78, 5) is 10.9. The maximum Gasteiger partial charge on any atom is 0.335 e. The first-order valence-corrected chi connectivity index (χ1v) is 7.83. The van der Waals surface area contributed by atoms with Gasteiger partial charge in [-0.3, -0.25) is 5.43 Å². The zero-order chi connectivity index (χ0) is 16.8. The van der Waals surface area contributed by atoms with Gasteiger partial charge in [-0.15, -0.1) is 0 Å². The molecule has 2 aromatic rings. The van der Waals surface area contributed by atoms with E-state index in [1.165, 1.54) is 12.1 Å². The van der Waals surface area contributed by atoms with E-state index in [0.29, 0.717) is 5.69 Å². The van der Waals surface area contributed by atoms with Gasteiger partial charge in [-0.25, -0.2) is 4.79 Å². The number of carbonyl (C=O) groups is 1. The third-order valence-corrected chi connectivity index (χ3v) is 3.46. The molecule has 0 aliphatic heterocycles. The molecule has 2 aromatic carbocycles. The molecule has 0 bridgehead atoms. The molecular weight excluding hydrogens is 360 g/mol. The minimum atomic E-state index is -0.970. The van der Waals surface area contributed by atoms with Gasteiger partial charge >= 0.3 is 5.97 Å². The van der Waals surface area contributed by atoms with Crippen molar-refractivity contribution in [3.63, 3.8) is 0 Å². The number of carboxylic acid groups (broad SMARTS) is 1. The standard InChI is InChI=1S/C17H17BrN2O3/c1-11(2)23-16-7-6-12(8-15(16)18)10-19-20-14-5-3-4-13(9-14)17(21)22/h3-11,20H,1-2H3,(H,21,22)/b19-10+. The second-order valence-electron chi connectivity index (χ2n) is 5.11. The Morgan fingerprint density at radius 3 is 2.74 bits per heavy atom. The minimum Gasteiger partial charge on any atom is -0.490 e. The van der Waals surface area contributed by atoms with Crippen LogP contribution in [0.4, 0.5) is 5.69 Å². The van der Waals surface area contributed by atoms with Crippen LogP contribution in [-0.2, 0) is 0 Å². The van der Waals surface area contributed by atoms with Gasteiger partial charge in [0.05, 0.1) is 28.0 Å². The molecule has 0 saturated heterocycles. The monoisotopic (exact) mass is 376 g/mol. The second-order valence-corrected chi connectivity index (χ2v) is 5.97. The van der Waals surface area contributed by atoms with Crippen molar-refractivity contribution in [2.24, 2.45) is 5.10 Å². The molecule has 0 aromatic heterocycles. The molecule has 0 heterocycles. The minimum absolute atomic E-state index is 0.106. The fraction of sp³-hybridized carbons (Fsp3) is 0.176. The van der Waals surface area contributed by atoms with E-state index >= 15 is 0 Å². The predicted molar refractivity (Wildman–Crippen MR) is 94.5 cm³/mol. The van der Waals surface area contributed by atoms with Crippen LogP contribution in [0.2, 0.25) is 0 Å². The van der Waals surface area contributed by atoms with Crippen molar-refractivity contribution in [1.82, 2.24) is 0 Å². The topological polar surface area (TPSA) is 70.9 Å². The van der Waals surface area contributed by atoms with Gasteiger partial charge in [0.25, 0.3) is 0 Å². The highest BCUT2D eigenvalue weighted by Crippen LogP contribution is 2.26. The highest BCUT2D eigenvalue weighted by Gasteiger charge is 2.04. The van der Waals surface area contributed by atoms with Crippen molar-refractivity contribution < 1.29 is 14.6 Å². The molecule has 0 radical (unpaired) electrons. The van der Waals surface area contributed by atoms with Crippen LogP contribution >= 0.6 is 15.9 Å². The predicted octanol–water partition coefficient (Wildman–Crippen LogP) is 4.38. The summed E-state index contributed by atoms with van der Waals surface area (Å²) in [5.41, 5.74) is 4.52. The summed E-state index contributed by atoms with van der Waals surface area (Å²) >= 11 is 3.47. The Hall–Kier alpha value is -2.34. The average Bonchev–Trinajstić information content (AvgIpc) is 2.50. The highest BCUT2D eigenvalue weighted by atomic mass is 79.9. The molecule has 0 fully saturated rings. The molecule has 23 heavy (non-hydrogen) atoms. The van der Waals surface area contributed by atoms with Gasteiger partial charge in [0, 0.05) is 0 Å². The van der Waals surface area contributed by atoms with E-state index in [1.807, 2.05) is 32.0 Å². The summed E-state index contributed by atoms with van der Waals surface area (Å²) in [6, 6.07) is 12.1. The van der Waals surface area contributed by atoms with Crippen LogP contribution in [-0.4, -0.2) is 23.4 Å². The first kappa shape index (κ1) is 17.0. The van der Waals surface area contributed by atoms with Gasteiger partial charge in [0.1, 0.15) is 5.75 Å². The Balaban J connectivity index is 2.04. The largest absolute Gasteiger partial charge is 0.490 e.